The molecule has 0 aromatic carbocycles. The minimum Gasteiger partial charge on any atom is -0.468 e. The lowest BCUT2D eigenvalue weighted by Gasteiger charge is -2.27. The van der Waals surface area contributed by atoms with Crippen molar-refractivity contribution in [1.29, 1.82) is 0 Å². The molecule has 0 fully saturated rings. The fourth-order valence-electron chi connectivity index (χ4n) is 2.04. The molecule has 0 unspecified atom stereocenters. The van der Waals surface area contributed by atoms with E-state index in [1.54, 1.807) is 0 Å². The maximum atomic E-state index is 11.8. The van der Waals surface area contributed by atoms with Crippen LogP contribution in [-0.2, 0) is 6.42 Å². The van der Waals surface area contributed by atoms with Crippen LogP contribution in [0.1, 0.15) is 46.7 Å². The average molecular weight is 207 g/mol. The number of primary amides is 1. The van der Waals surface area contributed by atoms with Gasteiger partial charge >= 0.3 is 0 Å². The highest BCUT2D eigenvalue weighted by Gasteiger charge is 2.36. The molecule has 2 N–H and O–H groups in total. The zero-order valence-corrected chi connectivity index (χ0v) is 8.79. The number of furan rings is 1. The van der Waals surface area contributed by atoms with Crippen molar-refractivity contribution in [2.24, 2.45) is 11.1 Å². The highest BCUT2D eigenvalue weighted by atomic mass is 16.3. The Labute approximate surface area is 87.4 Å². The lowest BCUT2D eigenvalue weighted by atomic mass is 9.76. The molecule has 15 heavy (non-hydrogen) atoms. The number of Topliss-reactive ketones (excluding diaryl/α,β-unsaturated/α-hetero) is 1. The van der Waals surface area contributed by atoms with Gasteiger partial charge in [-0.3, -0.25) is 9.59 Å². The van der Waals surface area contributed by atoms with Gasteiger partial charge in [-0.05, 0) is 5.41 Å². The van der Waals surface area contributed by atoms with Gasteiger partial charge in [-0.25, -0.2) is 0 Å². The van der Waals surface area contributed by atoms with E-state index in [9.17, 15) is 9.59 Å². The van der Waals surface area contributed by atoms with E-state index in [0.717, 1.165) is 0 Å². The number of hydrogen-bond donors (Lipinski definition) is 1. The molecule has 4 nitrogen and oxygen atoms in total. The van der Waals surface area contributed by atoms with Gasteiger partial charge in [0, 0.05) is 12.8 Å². The minimum absolute atomic E-state index is 0.0520. The number of fused-ring (bicyclic) bond motifs is 1. The van der Waals surface area contributed by atoms with Crippen LogP contribution >= 0.6 is 0 Å². The molecule has 0 aliphatic heterocycles. The Hall–Kier alpha value is -1.58. The lowest BCUT2D eigenvalue weighted by Crippen LogP contribution is -2.27. The van der Waals surface area contributed by atoms with Gasteiger partial charge in [0.1, 0.15) is 12.0 Å². The predicted octanol–water partition coefficient (Wildman–Crippen LogP) is 1.53. The first-order valence-corrected chi connectivity index (χ1v) is 4.84. The number of amides is 1. The largest absolute Gasteiger partial charge is 0.468 e. The highest BCUT2D eigenvalue weighted by Crippen LogP contribution is 2.36. The number of nitrogens with two attached hydrogens (primary N) is 1. The number of carbonyl (C=O) groups excluding carboxylic acids is 2. The summed E-state index contributed by atoms with van der Waals surface area (Å²) in [7, 11) is 0. The number of hydrogen-bond acceptors (Lipinski definition) is 3. The first-order chi connectivity index (χ1) is 6.91. The van der Waals surface area contributed by atoms with Crippen molar-refractivity contribution in [2.45, 2.75) is 26.7 Å². The second-order valence-electron chi connectivity index (χ2n) is 4.75. The number of rotatable bonds is 1. The molecule has 2 rings (SSSR count). The average Bonchev–Trinajstić information content (AvgIpc) is 2.45. The van der Waals surface area contributed by atoms with E-state index in [2.05, 4.69) is 0 Å². The van der Waals surface area contributed by atoms with Crippen LogP contribution in [0.15, 0.2) is 10.7 Å². The zero-order chi connectivity index (χ0) is 11.2. The first-order valence-electron chi connectivity index (χ1n) is 4.84. The molecule has 0 bridgehead atoms. The quantitative estimate of drug-likeness (QED) is 0.758. The van der Waals surface area contributed by atoms with Gasteiger partial charge in [0.15, 0.2) is 5.78 Å². The smallest absolute Gasteiger partial charge is 0.252 e. The van der Waals surface area contributed by atoms with E-state index in [0.29, 0.717) is 24.2 Å². The molecular weight excluding hydrogens is 194 g/mol. The standard InChI is InChI=1S/C11H13NO3/c1-11(2)3-7(13)9-6(10(12)14)5-15-8(9)4-11/h5H,3-4H2,1-2H3,(H2,12,14). The molecule has 4 heteroatoms. The molecule has 0 saturated heterocycles. The van der Waals surface area contributed by atoms with Crippen LogP contribution in [0.2, 0.25) is 0 Å². The lowest BCUT2D eigenvalue weighted by molar-refractivity contribution is 0.0893. The summed E-state index contributed by atoms with van der Waals surface area (Å²) in [5.74, 6) is -0.0677. The van der Waals surface area contributed by atoms with Crippen molar-refractivity contribution >= 4 is 11.7 Å². The topological polar surface area (TPSA) is 73.3 Å². The van der Waals surface area contributed by atoms with Crippen molar-refractivity contribution in [2.75, 3.05) is 0 Å². The highest BCUT2D eigenvalue weighted by molar-refractivity contribution is 6.08. The molecule has 0 atom stereocenters. The summed E-state index contributed by atoms with van der Waals surface area (Å²) in [6.45, 7) is 4.00. The number of carbonyl (C=O) groups is 2. The van der Waals surface area contributed by atoms with E-state index < -0.39 is 5.91 Å². The second-order valence-corrected chi connectivity index (χ2v) is 4.75. The van der Waals surface area contributed by atoms with Crippen LogP contribution in [0.5, 0.6) is 0 Å². The molecule has 0 saturated carbocycles. The predicted molar refractivity (Wildman–Crippen MR) is 53.7 cm³/mol. The van der Waals surface area contributed by atoms with Crippen molar-refractivity contribution < 1.29 is 14.0 Å². The summed E-state index contributed by atoms with van der Waals surface area (Å²) in [5, 5.41) is 0. The third kappa shape index (κ3) is 1.56. The Morgan fingerprint density at radius 3 is 2.73 bits per heavy atom. The minimum atomic E-state index is -0.604. The number of ketones is 1. The van der Waals surface area contributed by atoms with Crippen molar-refractivity contribution in [3.8, 4) is 0 Å². The third-order valence-corrected chi connectivity index (χ3v) is 2.69. The Bertz CT molecular complexity index is 443. The van der Waals surface area contributed by atoms with Gasteiger partial charge in [0.05, 0.1) is 11.1 Å². The van der Waals surface area contributed by atoms with Gasteiger partial charge in [-0.15, -0.1) is 0 Å². The molecule has 0 radical (unpaired) electrons. The molecular formula is C11H13NO3. The van der Waals surface area contributed by atoms with E-state index in [4.69, 9.17) is 10.2 Å². The van der Waals surface area contributed by atoms with E-state index in [-0.39, 0.29) is 16.8 Å². The van der Waals surface area contributed by atoms with E-state index >= 15 is 0 Å². The summed E-state index contributed by atoms with van der Waals surface area (Å²) in [6, 6.07) is 0. The summed E-state index contributed by atoms with van der Waals surface area (Å²) in [6.07, 6.45) is 2.38. The van der Waals surface area contributed by atoms with Crippen molar-refractivity contribution in [3.05, 3.63) is 23.2 Å². The van der Waals surface area contributed by atoms with Crippen LogP contribution in [0.25, 0.3) is 0 Å². The molecule has 1 amide bonds. The zero-order valence-electron chi connectivity index (χ0n) is 8.79. The summed E-state index contributed by atoms with van der Waals surface area (Å²) in [5.41, 5.74) is 5.66. The van der Waals surface area contributed by atoms with Crippen LogP contribution in [0.4, 0.5) is 0 Å². The van der Waals surface area contributed by atoms with Crippen molar-refractivity contribution in [1.82, 2.24) is 0 Å². The van der Waals surface area contributed by atoms with E-state index in [1.807, 2.05) is 13.8 Å². The SMILES string of the molecule is CC1(C)CC(=O)c2c(C(N)=O)coc2C1. The Balaban J connectivity index is 2.53. The van der Waals surface area contributed by atoms with Gasteiger partial charge in [0.25, 0.3) is 5.91 Å². The van der Waals surface area contributed by atoms with E-state index in [1.165, 1.54) is 6.26 Å². The normalized spacial score (nSPS) is 18.7. The monoisotopic (exact) mass is 207 g/mol. The Morgan fingerprint density at radius 1 is 1.47 bits per heavy atom. The fraction of sp³-hybridized carbons (Fsp3) is 0.455. The molecule has 1 aromatic heterocycles. The summed E-state index contributed by atoms with van der Waals surface area (Å²) < 4.78 is 5.23. The van der Waals surface area contributed by atoms with Gasteiger partial charge in [-0.2, -0.15) is 0 Å². The molecule has 1 aliphatic carbocycles. The van der Waals surface area contributed by atoms with Crippen molar-refractivity contribution in [3.63, 3.8) is 0 Å². The van der Waals surface area contributed by atoms with Crippen LogP contribution in [-0.4, -0.2) is 11.7 Å². The molecule has 0 spiro atoms. The van der Waals surface area contributed by atoms with Gasteiger partial charge in [0.2, 0.25) is 0 Å². The maximum Gasteiger partial charge on any atom is 0.252 e. The molecule has 1 aromatic rings. The maximum absolute atomic E-state index is 11.8. The summed E-state index contributed by atoms with van der Waals surface area (Å²) in [4.78, 5) is 22.9. The molecule has 1 aliphatic rings. The van der Waals surface area contributed by atoms with Crippen LogP contribution in [0.3, 0.4) is 0 Å². The third-order valence-electron chi connectivity index (χ3n) is 2.69. The molecule has 1 heterocycles. The van der Waals surface area contributed by atoms with Gasteiger partial charge < -0.3 is 10.2 Å². The first kappa shape index (κ1) is 9.96. The van der Waals surface area contributed by atoms with Gasteiger partial charge in [-0.1, -0.05) is 13.8 Å². The van der Waals surface area contributed by atoms with Crippen LogP contribution < -0.4 is 5.73 Å². The Kier molecular flexibility index (Phi) is 1.96. The Morgan fingerprint density at radius 2 is 2.13 bits per heavy atom. The van der Waals surface area contributed by atoms with Crippen LogP contribution in [0, 0.1) is 5.41 Å². The molecule has 80 valence electrons. The fourth-order valence-corrected chi connectivity index (χ4v) is 2.04. The second kappa shape index (κ2) is 2.95. The summed E-state index contributed by atoms with van der Waals surface area (Å²) >= 11 is 0.